The maximum absolute atomic E-state index is 11.4. The van der Waals surface area contributed by atoms with Gasteiger partial charge < -0.3 is 14.8 Å². The molecule has 0 saturated heterocycles. The van der Waals surface area contributed by atoms with Crippen LogP contribution in [0, 0.1) is 0 Å². The Kier molecular flexibility index (Phi) is 6.03. The lowest BCUT2D eigenvalue weighted by molar-refractivity contribution is -0.136. The van der Waals surface area contributed by atoms with Crippen molar-refractivity contribution in [1.82, 2.24) is 5.32 Å². The third-order valence-corrected chi connectivity index (χ3v) is 3.34. The molecule has 6 heteroatoms. The Morgan fingerprint density at radius 3 is 2.82 bits per heavy atom. The van der Waals surface area contributed by atoms with Crippen LogP contribution in [0.25, 0.3) is 0 Å². The first kappa shape index (κ1) is 14.0. The topological polar surface area (TPSA) is 79.5 Å². The summed E-state index contributed by atoms with van der Waals surface area (Å²) in [7, 11) is 0. The van der Waals surface area contributed by atoms with Crippen LogP contribution in [0.1, 0.15) is 29.8 Å². The van der Waals surface area contributed by atoms with E-state index < -0.39 is 5.97 Å². The fraction of sp³-hybridized carbons (Fsp3) is 0.455. The van der Waals surface area contributed by atoms with Gasteiger partial charge in [0.15, 0.2) is 5.76 Å². The number of amides is 1. The Balaban J connectivity index is 2.09. The van der Waals surface area contributed by atoms with Crippen molar-refractivity contribution < 1.29 is 19.1 Å². The number of rotatable bonds is 7. The fourth-order valence-electron chi connectivity index (χ4n) is 1.27. The zero-order valence-corrected chi connectivity index (χ0v) is 11.3. The van der Waals surface area contributed by atoms with Gasteiger partial charge in [0.25, 0.3) is 5.91 Å². The lowest BCUT2D eigenvalue weighted by Crippen LogP contribution is -2.24. The maximum Gasteiger partial charge on any atom is 0.316 e. The highest BCUT2D eigenvalue weighted by Gasteiger charge is 2.12. The second kappa shape index (κ2) is 7.31. The highest BCUT2D eigenvalue weighted by molar-refractivity contribution is 14.1. The van der Waals surface area contributed by atoms with Crippen LogP contribution < -0.4 is 5.32 Å². The Morgan fingerprint density at radius 2 is 2.24 bits per heavy atom. The molecule has 0 radical (unpaired) electrons. The molecule has 0 spiro atoms. The third-order valence-electron chi connectivity index (χ3n) is 2.18. The van der Waals surface area contributed by atoms with Crippen molar-refractivity contribution in [2.45, 2.75) is 23.2 Å². The SMILES string of the molecule is O=C(NCCCC[C@H](I)C(=O)O)c1ccco1. The first-order valence-corrected chi connectivity index (χ1v) is 6.54. The van der Waals surface area contributed by atoms with Crippen molar-refractivity contribution in [3.05, 3.63) is 24.2 Å². The summed E-state index contributed by atoms with van der Waals surface area (Å²) in [5, 5.41) is 11.4. The van der Waals surface area contributed by atoms with Gasteiger partial charge in [-0.05, 0) is 25.0 Å². The van der Waals surface area contributed by atoms with Gasteiger partial charge in [-0.2, -0.15) is 0 Å². The van der Waals surface area contributed by atoms with Crippen LogP contribution in [0.3, 0.4) is 0 Å². The smallest absolute Gasteiger partial charge is 0.316 e. The fourth-order valence-corrected chi connectivity index (χ4v) is 1.71. The van der Waals surface area contributed by atoms with Crippen LogP contribution >= 0.6 is 22.6 Å². The van der Waals surface area contributed by atoms with E-state index in [1.54, 1.807) is 12.1 Å². The molecule has 17 heavy (non-hydrogen) atoms. The van der Waals surface area contributed by atoms with Crippen LogP contribution in [0.5, 0.6) is 0 Å². The van der Waals surface area contributed by atoms with Crippen molar-refractivity contribution in [3.8, 4) is 0 Å². The molecule has 1 aromatic rings. The minimum Gasteiger partial charge on any atom is -0.480 e. The molecule has 0 aliphatic rings. The van der Waals surface area contributed by atoms with Crippen LogP contribution in [0.15, 0.2) is 22.8 Å². The standard InChI is InChI=1S/C11H14INO4/c12-8(11(15)16)4-1-2-6-13-10(14)9-5-3-7-17-9/h3,5,7-8H,1-2,4,6H2,(H,13,14)(H,15,16)/t8-/m0/s1. The normalized spacial score (nSPS) is 12.1. The average Bonchev–Trinajstić information content (AvgIpc) is 2.81. The van der Waals surface area contributed by atoms with E-state index in [2.05, 4.69) is 5.32 Å². The minimum atomic E-state index is -0.787. The Bertz CT molecular complexity index is 364. The number of alkyl halides is 1. The molecule has 1 heterocycles. The first-order valence-electron chi connectivity index (χ1n) is 5.30. The molecule has 0 aliphatic carbocycles. The molecular weight excluding hydrogens is 337 g/mol. The van der Waals surface area contributed by atoms with E-state index >= 15 is 0 Å². The highest BCUT2D eigenvalue weighted by Crippen LogP contribution is 2.10. The number of hydrogen-bond acceptors (Lipinski definition) is 3. The summed E-state index contributed by atoms with van der Waals surface area (Å²) >= 11 is 1.90. The quantitative estimate of drug-likeness (QED) is 0.448. The predicted molar refractivity (Wildman–Crippen MR) is 70.3 cm³/mol. The number of carbonyl (C=O) groups is 2. The number of carboxylic acids is 1. The maximum atomic E-state index is 11.4. The van der Waals surface area contributed by atoms with Crippen LogP contribution in [-0.2, 0) is 4.79 Å². The highest BCUT2D eigenvalue weighted by atomic mass is 127. The molecule has 0 bridgehead atoms. The van der Waals surface area contributed by atoms with Crippen molar-refractivity contribution in [2.24, 2.45) is 0 Å². The number of furan rings is 1. The Hall–Kier alpha value is -1.05. The molecule has 0 unspecified atom stereocenters. The number of unbranched alkanes of at least 4 members (excludes halogenated alkanes) is 1. The summed E-state index contributed by atoms with van der Waals surface area (Å²) in [6, 6.07) is 3.25. The summed E-state index contributed by atoms with van der Waals surface area (Å²) in [6.07, 6.45) is 3.60. The summed E-state index contributed by atoms with van der Waals surface area (Å²) in [6.45, 7) is 0.530. The summed E-state index contributed by atoms with van der Waals surface area (Å²) in [5.41, 5.74) is 0. The molecule has 2 N–H and O–H groups in total. The van der Waals surface area contributed by atoms with Gasteiger partial charge in [-0.25, -0.2) is 0 Å². The van der Waals surface area contributed by atoms with E-state index in [0.29, 0.717) is 18.7 Å². The van der Waals surface area contributed by atoms with Crippen LogP contribution in [-0.4, -0.2) is 27.5 Å². The van der Waals surface area contributed by atoms with Gasteiger partial charge in [0.05, 0.1) is 6.26 Å². The second-order valence-corrected chi connectivity index (χ2v) is 5.04. The monoisotopic (exact) mass is 351 g/mol. The second-order valence-electron chi connectivity index (χ2n) is 3.53. The van der Waals surface area contributed by atoms with E-state index in [4.69, 9.17) is 9.52 Å². The van der Waals surface area contributed by atoms with Crippen molar-refractivity contribution in [1.29, 1.82) is 0 Å². The van der Waals surface area contributed by atoms with E-state index in [9.17, 15) is 9.59 Å². The van der Waals surface area contributed by atoms with Gasteiger partial charge in [-0.15, -0.1) is 0 Å². The van der Waals surface area contributed by atoms with Crippen molar-refractivity contribution in [2.75, 3.05) is 6.54 Å². The van der Waals surface area contributed by atoms with E-state index in [1.807, 2.05) is 22.6 Å². The predicted octanol–water partition coefficient (Wildman–Crippen LogP) is 2.07. The zero-order chi connectivity index (χ0) is 12.7. The molecule has 1 atom stereocenters. The van der Waals surface area contributed by atoms with Crippen LogP contribution in [0.2, 0.25) is 0 Å². The molecule has 0 saturated carbocycles. The number of hydrogen-bond donors (Lipinski definition) is 2. The summed E-state index contributed by atoms with van der Waals surface area (Å²) in [4.78, 5) is 21.9. The molecule has 1 aromatic heterocycles. The van der Waals surface area contributed by atoms with Gasteiger partial charge in [0.2, 0.25) is 0 Å². The molecule has 5 nitrogen and oxygen atoms in total. The molecular formula is C11H14INO4. The lowest BCUT2D eigenvalue weighted by atomic mass is 10.2. The number of halogens is 1. The molecule has 94 valence electrons. The Labute approximate surface area is 113 Å². The van der Waals surface area contributed by atoms with E-state index in [-0.39, 0.29) is 9.83 Å². The van der Waals surface area contributed by atoms with Crippen molar-refractivity contribution >= 4 is 34.5 Å². The van der Waals surface area contributed by atoms with Gasteiger partial charge in [0, 0.05) is 6.54 Å². The van der Waals surface area contributed by atoms with Crippen LogP contribution in [0.4, 0.5) is 0 Å². The number of nitrogens with one attached hydrogen (secondary N) is 1. The van der Waals surface area contributed by atoms with Crippen molar-refractivity contribution in [3.63, 3.8) is 0 Å². The molecule has 1 rings (SSSR count). The molecule has 0 aliphatic heterocycles. The number of aliphatic carboxylic acids is 1. The summed E-state index contributed by atoms with van der Waals surface area (Å²) < 4.78 is 4.58. The summed E-state index contributed by atoms with van der Waals surface area (Å²) in [5.74, 6) is -0.730. The van der Waals surface area contributed by atoms with Gasteiger partial charge in [-0.3, -0.25) is 9.59 Å². The van der Waals surface area contributed by atoms with Gasteiger partial charge in [0.1, 0.15) is 3.92 Å². The first-order chi connectivity index (χ1) is 8.11. The third kappa shape index (κ3) is 5.20. The van der Waals surface area contributed by atoms with Gasteiger partial charge in [-0.1, -0.05) is 29.0 Å². The average molecular weight is 351 g/mol. The number of carbonyl (C=O) groups excluding carboxylic acids is 1. The minimum absolute atomic E-state index is 0.237. The Morgan fingerprint density at radius 1 is 1.47 bits per heavy atom. The molecule has 0 aromatic carbocycles. The lowest BCUT2D eigenvalue weighted by Gasteiger charge is -2.05. The molecule has 1 amide bonds. The zero-order valence-electron chi connectivity index (χ0n) is 9.19. The van der Waals surface area contributed by atoms with E-state index in [1.165, 1.54) is 6.26 Å². The molecule has 0 fully saturated rings. The van der Waals surface area contributed by atoms with E-state index in [0.717, 1.165) is 12.8 Å². The van der Waals surface area contributed by atoms with Gasteiger partial charge >= 0.3 is 5.97 Å². The number of carboxylic acid groups (broad SMARTS) is 1. The largest absolute Gasteiger partial charge is 0.480 e.